The Balaban J connectivity index is 1.54. The largest absolute Gasteiger partial charge is 0.339 e. The van der Waals surface area contributed by atoms with Gasteiger partial charge in [-0.3, -0.25) is 9.59 Å². The van der Waals surface area contributed by atoms with Crippen molar-refractivity contribution in [2.75, 3.05) is 5.32 Å². The first-order chi connectivity index (χ1) is 12.5. The van der Waals surface area contributed by atoms with Gasteiger partial charge in [0.2, 0.25) is 17.6 Å². The van der Waals surface area contributed by atoms with Gasteiger partial charge in [-0.15, -0.1) is 0 Å². The maximum absolute atomic E-state index is 12.9. The van der Waals surface area contributed by atoms with Crippen molar-refractivity contribution in [3.8, 4) is 11.4 Å². The average Bonchev–Trinajstić information content (AvgIpc) is 3.10. The monoisotopic (exact) mass is 353 g/mol. The van der Waals surface area contributed by atoms with Crippen LogP contribution in [-0.4, -0.2) is 21.8 Å². The Morgan fingerprint density at radius 1 is 1.08 bits per heavy atom. The number of amides is 1. The van der Waals surface area contributed by atoms with Crippen molar-refractivity contribution in [2.24, 2.45) is 0 Å². The average molecular weight is 353 g/mol. The highest BCUT2D eigenvalue weighted by atomic mass is 19.1. The van der Waals surface area contributed by atoms with Gasteiger partial charge in [-0.25, -0.2) is 4.39 Å². The van der Waals surface area contributed by atoms with Crippen molar-refractivity contribution in [2.45, 2.75) is 19.8 Å². The molecule has 0 unspecified atom stereocenters. The molecule has 0 aliphatic carbocycles. The molecule has 0 radical (unpaired) electrons. The Hall–Kier alpha value is -3.35. The molecule has 0 aliphatic rings. The maximum Gasteiger partial charge on any atom is 0.227 e. The van der Waals surface area contributed by atoms with Gasteiger partial charge in [0.25, 0.3) is 0 Å². The summed E-state index contributed by atoms with van der Waals surface area (Å²) in [5.74, 6) is 0.0930. The van der Waals surface area contributed by atoms with Gasteiger partial charge in [0.05, 0.1) is 0 Å². The third-order valence-electron chi connectivity index (χ3n) is 3.71. The van der Waals surface area contributed by atoms with Crippen LogP contribution in [0.15, 0.2) is 53.1 Å². The Bertz CT molecular complexity index is 918. The highest BCUT2D eigenvalue weighted by molar-refractivity contribution is 5.95. The summed E-state index contributed by atoms with van der Waals surface area (Å²) in [6.07, 6.45) is 0.449. The quantitative estimate of drug-likeness (QED) is 0.684. The maximum atomic E-state index is 12.9. The highest BCUT2D eigenvalue weighted by Gasteiger charge is 2.11. The van der Waals surface area contributed by atoms with E-state index in [1.807, 2.05) is 0 Å². The molecule has 0 bridgehead atoms. The molecule has 0 aliphatic heterocycles. The normalized spacial score (nSPS) is 10.5. The molecule has 1 aromatic heterocycles. The minimum Gasteiger partial charge on any atom is -0.339 e. The van der Waals surface area contributed by atoms with Gasteiger partial charge in [0.15, 0.2) is 5.78 Å². The van der Waals surface area contributed by atoms with Crippen molar-refractivity contribution < 1.29 is 18.5 Å². The summed E-state index contributed by atoms with van der Waals surface area (Å²) in [6, 6.07) is 12.4. The Kier molecular flexibility index (Phi) is 5.17. The minimum absolute atomic E-state index is 0.0313. The predicted molar refractivity (Wildman–Crippen MR) is 93.1 cm³/mol. The van der Waals surface area contributed by atoms with E-state index in [1.165, 1.54) is 19.1 Å². The van der Waals surface area contributed by atoms with Crippen molar-refractivity contribution in [1.82, 2.24) is 10.1 Å². The fourth-order valence-corrected chi connectivity index (χ4v) is 2.30. The van der Waals surface area contributed by atoms with Crippen LogP contribution >= 0.6 is 0 Å². The third kappa shape index (κ3) is 4.38. The molecular weight excluding hydrogens is 337 g/mol. The molecule has 0 atom stereocenters. The number of nitrogens with one attached hydrogen (secondary N) is 1. The van der Waals surface area contributed by atoms with Gasteiger partial charge < -0.3 is 9.84 Å². The zero-order valence-corrected chi connectivity index (χ0v) is 14.0. The van der Waals surface area contributed by atoms with E-state index in [2.05, 4.69) is 15.5 Å². The van der Waals surface area contributed by atoms with Crippen LogP contribution in [0.4, 0.5) is 10.1 Å². The molecule has 1 N–H and O–H groups in total. The Morgan fingerprint density at radius 2 is 1.77 bits per heavy atom. The fraction of sp³-hybridized carbons (Fsp3) is 0.158. The molecule has 7 heteroatoms. The van der Waals surface area contributed by atoms with Crippen LogP contribution < -0.4 is 5.32 Å². The smallest absolute Gasteiger partial charge is 0.227 e. The molecule has 3 rings (SSSR count). The number of aryl methyl sites for hydroxylation is 1. The lowest BCUT2D eigenvalue weighted by atomic mass is 10.1. The number of carbonyl (C=O) groups is 2. The van der Waals surface area contributed by atoms with Crippen molar-refractivity contribution in [3.63, 3.8) is 0 Å². The van der Waals surface area contributed by atoms with Gasteiger partial charge in [0.1, 0.15) is 5.82 Å². The number of Topliss-reactive ketones (excluding diaryl/α,β-unsaturated/α-hetero) is 1. The molecule has 1 heterocycles. The van der Waals surface area contributed by atoms with E-state index < -0.39 is 0 Å². The third-order valence-corrected chi connectivity index (χ3v) is 3.71. The van der Waals surface area contributed by atoms with Crippen molar-refractivity contribution in [1.29, 1.82) is 0 Å². The van der Waals surface area contributed by atoms with Gasteiger partial charge >= 0.3 is 0 Å². The first-order valence-corrected chi connectivity index (χ1v) is 8.00. The molecule has 2 aromatic carbocycles. The SMILES string of the molecule is CC(=O)c1ccc(NC(=O)CCc2nc(-c3ccc(F)cc3)no2)cc1. The lowest BCUT2D eigenvalue weighted by Gasteiger charge is -2.04. The number of ketones is 1. The number of hydrogen-bond acceptors (Lipinski definition) is 5. The molecule has 0 fully saturated rings. The second-order valence-corrected chi connectivity index (χ2v) is 5.70. The molecule has 0 spiro atoms. The van der Waals surface area contributed by atoms with E-state index >= 15 is 0 Å². The van der Waals surface area contributed by atoms with E-state index in [0.717, 1.165) is 0 Å². The highest BCUT2D eigenvalue weighted by Crippen LogP contribution is 2.17. The van der Waals surface area contributed by atoms with Crippen LogP contribution in [0, 0.1) is 5.82 Å². The van der Waals surface area contributed by atoms with Crippen molar-refractivity contribution in [3.05, 3.63) is 65.8 Å². The van der Waals surface area contributed by atoms with E-state index in [1.54, 1.807) is 36.4 Å². The first-order valence-electron chi connectivity index (χ1n) is 8.00. The summed E-state index contributed by atoms with van der Waals surface area (Å²) in [7, 11) is 0. The topological polar surface area (TPSA) is 85.1 Å². The predicted octanol–water partition coefficient (Wildman–Crippen LogP) is 3.65. The molecule has 1 amide bonds. The lowest BCUT2D eigenvalue weighted by molar-refractivity contribution is -0.116. The molecule has 132 valence electrons. The second kappa shape index (κ2) is 7.69. The van der Waals surface area contributed by atoms with E-state index in [4.69, 9.17) is 4.52 Å². The number of halogens is 1. The summed E-state index contributed by atoms with van der Waals surface area (Å²) < 4.78 is 18.1. The zero-order chi connectivity index (χ0) is 18.5. The van der Waals surface area contributed by atoms with Crippen LogP contribution in [0.1, 0.15) is 29.6 Å². The number of hydrogen-bond donors (Lipinski definition) is 1. The summed E-state index contributed by atoms with van der Waals surface area (Å²) in [6.45, 7) is 1.48. The van der Waals surface area contributed by atoms with Crippen LogP contribution in [-0.2, 0) is 11.2 Å². The number of carbonyl (C=O) groups excluding carboxylic acids is 2. The number of aromatic nitrogens is 2. The molecular formula is C19H16FN3O3. The molecule has 26 heavy (non-hydrogen) atoms. The summed E-state index contributed by atoms with van der Waals surface area (Å²) >= 11 is 0. The van der Waals surface area contributed by atoms with Crippen molar-refractivity contribution >= 4 is 17.4 Å². The Morgan fingerprint density at radius 3 is 2.42 bits per heavy atom. The Labute approximate surface area is 149 Å². The molecule has 0 saturated carbocycles. The lowest BCUT2D eigenvalue weighted by Crippen LogP contribution is -2.12. The van der Waals surface area contributed by atoms with Gasteiger partial charge in [-0.2, -0.15) is 4.98 Å². The van der Waals surface area contributed by atoms with Crippen LogP contribution in [0.25, 0.3) is 11.4 Å². The van der Waals surface area contributed by atoms with Gasteiger partial charge in [-0.05, 0) is 55.5 Å². The number of benzene rings is 2. The standard InChI is InChI=1S/C19H16FN3O3/c1-12(24)13-4-8-16(9-5-13)21-17(25)10-11-18-22-19(23-26-18)14-2-6-15(20)7-3-14/h2-9H,10-11H2,1H3,(H,21,25). The molecule has 3 aromatic rings. The van der Waals surface area contributed by atoms with E-state index in [9.17, 15) is 14.0 Å². The number of rotatable bonds is 6. The fourth-order valence-electron chi connectivity index (χ4n) is 2.30. The first kappa shape index (κ1) is 17.5. The molecule has 0 saturated heterocycles. The molecule has 6 nitrogen and oxygen atoms in total. The summed E-state index contributed by atoms with van der Waals surface area (Å²) in [5.41, 5.74) is 1.83. The number of anilines is 1. The van der Waals surface area contributed by atoms with E-state index in [-0.39, 0.29) is 30.3 Å². The summed E-state index contributed by atoms with van der Waals surface area (Å²) in [4.78, 5) is 27.4. The minimum atomic E-state index is -0.342. The van der Waals surface area contributed by atoms with E-state index in [0.29, 0.717) is 28.5 Å². The van der Waals surface area contributed by atoms with Crippen LogP contribution in [0.2, 0.25) is 0 Å². The van der Waals surface area contributed by atoms with Gasteiger partial charge in [0, 0.05) is 29.7 Å². The zero-order valence-electron chi connectivity index (χ0n) is 14.0. The summed E-state index contributed by atoms with van der Waals surface area (Å²) in [5, 5.41) is 6.57. The van der Waals surface area contributed by atoms with Crippen LogP contribution in [0.3, 0.4) is 0 Å². The van der Waals surface area contributed by atoms with Crippen LogP contribution in [0.5, 0.6) is 0 Å². The number of nitrogens with zero attached hydrogens (tertiary/aromatic N) is 2. The van der Waals surface area contributed by atoms with Gasteiger partial charge in [-0.1, -0.05) is 5.16 Å². The second-order valence-electron chi connectivity index (χ2n) is 5.70.